The maximum atomic E-state index is 4.51. The van der Waals surface area contributed by atoms with Crippen LogP contribution in [0.3, 0.4) is 0 Å². The molecule has 0 amide bonds. The summed E-state index contributed by atoms with van der Waals surface area (Å²) in [6, 6.07) is 44.8. The fourth-order valence-corrected chi connectivity index (χ4v) is 5.23. The van der Waals surface area contributed by atoms with Gasteiger partial charge in [0.1, 0.15) is 0 Å². The number of nitrogens with zero attached hydrogens (tertiary/aromatic N) is 2. The molecule has 5 aromatic carbocycles. The van der Waals surface area contributed by atoms with Crippen LogP contribution in [0.25, 0.3) is 55.2 Å². The smallest absolute Gasteiger partial charge is 0.0192 e. The molecule has 0 fully saturated rings. The molecular weight excluding hydrogens is 701 g/mol. The van der Waals surface area contributed by atoms with Crippen LogP contribution < -0.4 is 0 Å². The van der Waals surface area contributed by atoms with Gasteiger partial charge in [0.2, 0.25) is 0 Å². The third-order valence-electron chi connectivity index (χ3n) is 7.77. The summed E-state index contributed by atoms with van der Waals surface area (Å²) in [7, 11) is 0. The van der Waals surface area contributed by atoms with E-state index in [2.05, 4.69) is 147 Å². The van der Waals surface area contributed by atoms with Crippen LogP contribution in [0, 0.1) is 39.8 Å². The van der Waals surface area contributed by atoms with E-state index in [0.29, 0.717) is 0 Å². The van der Waals surface area contributed by atoms with E-state index in [1.165, 1.54) is 49.4 Å². The van der Waals surface area contributed by atoms with Crippen LogP contribution in [-0.4, -0.2) is 9.97 Å². The van der Waals surface area contributed by atoms with Crippen molar-refractivity contribution in [3.63, 3.8) is 0 Å². The fourth-order valence-electron chi connectivity index (χ4n) is 5.23. The van der Waals surface area contributed by atoms with Gasteiger partial charge in [0, 0.05) is 32.5 Å². The Balaban J connectivity index is 0.000000197. The van der Waals surface area contributed by atoms with Crippen molar-refractivity contribution in [1.82, 2.24) is 9.97 Å². The van der Waals surface area contributed by atoms with Gasteiger partial charge in [0.15, 0.2) is 0 Å². The Morgan fingerprint density at radius 3 is 1.98 bits per heavy atom. The van der Waals surface area contributed by atoms with Crippen LogP contribution in [0.1, 0.15) is 22.3 Å². The van der Waals surface area contributed by atoms with Crippen LogP contribution in [0.5, 0.6) is 0 Å². The molecule has 0 aliphatic carbocycles. The van der Waals surface area contributed by atoms with Crippen molar-refractivity contribution in [3.8, 4) is 33.6 Å². The number of hydrogen-bond donors (Lipinski definition) is 0. The van der Waals surface area contributed by atoms with Gasteiger partial charge in [-0.2, -0.15) is 0 Å². The normalized spacial score (nSPS) is 10.6. The van der Waals surface area contributed by atoms with Crippen molar-refractivity contribution in [3.05, 3.63) is 156 Å². The van der Waals surface area contributed by atoms with E-state index in [-0.39, 0.29) is 20.1 Å². The Morgan fingerprint density at radius 2 is 1.28 bits per heavy atom. The number of pyridine rings is 2. The summed E-state index contributed by atoms with van der Waals surface area (Å²) in [5.74, 6) is 0. The van der Waals surface area contributed by atoms with Gasteiger partial charge < -0.3 is 9.97 Å². The first kappa shape index (κ1) is 30.0. The van der Waals surface area contributed by atoms with Crippen molar-refractivity contribution in [2.45, 2.75) is 27.7 Å². The Kier molecular flexibility index (Phi) is 9.26. The number of hydrogen-bond acceptors (Lipinski definition) is 2. The molecule has 0 bridgehead atoms. The number of aromatic nitrogens is 2. The van der Waals surface area contributed by atoms with Gasteiger partial charge >= 0.3 is 0 Å². The summed E-state index contributed by atoms with van der Waals surface area (Å²) >= 11 is 0. The third kappa shape index (κ3) is 6.49. The maximum Gasteiger partial charge on any atom is 0.0192 e. The van der Waals surface area contributed by atoms with Crippen molar-refractivity contribution in [1.29, 1.82) is 0 Å². The molecule has 0 saturated heterocycles. The van der Waals surface area contributed by atoms with Crippen molar-refractivity contribution < 1.29 is 20.1 Å². The Morgan fingerprint density at radius 1 is 0.558 bits per heavy atom. The number of aryl methyl sites for hydroxylation is 4. The molecule has 2 nitrogen and oxygen atoms in total. The van der Waals surface area contributed by atoms with E-state index in [1.54, 1.807) is 0 Å². The molecule has 0 saturated carbocycles. The molecule has 1 radical (unpaired) electrons. The third-order valence-corrected chi connectivity index (χ3v) is 7.77. The molecule has 0 atom stereocenters. The van der Waals surface area contributed by atoms with E-state index in [9.17, 15) is 0 Å². The summed E-state index contributed by atoms with van der Waals surface area (Å²) in [5, 5.41) is 5.11. The molecule has 43 heavy (non-hydrogen) atoms. The van der Waals surface area contributed by atoms with Gasteiger partial charge in [-0.25, -0.2) is 0 Å². The summed E-state index contributed by atoms with van der Waals surface area (Å²) in [5.41, 5.74) is 11.4. The minimum atomic E-state index is 0. The molecule has 0 N–H and O–H groups in total. The summed E-state index contributed by atoms with van der Waals surface area (Å²) < 4.78 is 0. The zero-order valence-electron chi connectivity index (χ0n) is 24.8. The predicted molar refractivity (Wildman–Crippen MR) is 176 cm³/mol. The topological polar surface area (TPSA) is 25.8 Å². The molecule has 7 rings (SSSR count). The minimum Gasteiger partial charge on any atom is -0.304 e. The van der Waals surface area contributed by atoms with Gasteiger partial charge in [-0.15, -0.1) is 65.2 Å². The molecule has 2 heterocycles. The molecule has 0 aliphatic rings. The van der Waals surface area contributed by atoms with Crippen LogP contribution in [0.4, 0.5) is 0 Å². The van der Waals surface area contributed by atoms with E-state index in [4.69, 9.17) is 0 Å². The molecule has 7 aromatic rings. The SMILES string of the molecule is Cc1c[c-]c(-c2cc(C)c(C)cn2)cc1.Cc1cccnc1-c1[c-]cc(-c2cc3ccccc3c3ccccc23)cc1.[Ir]. The maximum absolute atomic E-state index is 4.51. The second-order valence-corrected chi connectivity index (χ2v) is 10.8. The van der Waals surface area contributed by atoms with E-state index >= 15 is 0 Å². The van der Waals surface area contributed by atoms with Crippen molar-refractivity contribution in [2.24, 2.45) is 0 Å². The van der Waals surface area contributed by atoms with Gasteiger partial charge in [0.25, 0.3) is 0 Å². The molecule has 213 valence electrons. The average Bonchev–Trinajstić information content (AvgIpc) is 3.03. The molecule has 3 heteroatoms. The monoisotopic (exact) mass is 733 g/mol. The van der Waals surface area contributed by atoms with E-state index < -0.39 is 0 Å². The van der Waals surface area contributed by atoms with E-state index in [1.807, 2.05) is 24.5 Å². The Labute approximate surface area is 267 Å². The van der Waals surface area contributed by atoms with Crippen LogP contribution in [-0.2, 0) is 20.1 Å². The van der Waals surface area contributed by atoms with E-state index in [0.717, 1.165) is 28.1 Å². The van der Waals surface area contributed by atoms with Gasteiger partial charge in [-0.05, 0) is 65.3 Å². The minimum absolute atomic E-state index is 0. The first-order chi connectivity index (χ1) is 20.5. The first-order valence-electron chi connectivity index (χ1n) is 14.2. The van der Waals surface area contributed by atoms with Crippen molar-refractivity contribution in [2.75, 3.05) is 0 Å². The van der Waals surface area contributed by atoms with Crippen molar-refractivity contribution >= 4 is 21.5 Å². The summed E-state index contributed by atoms with van der Waals surface area (Å²) in [6.45, 7) is 8.33. The average molecular weight is 733 g/mol. The molecule has 0 spiro atoms. The first-order valence-corrected chi connectivity index (χ1v) is 14.2. The predicted octanol–water partition coefficient (Wildman–Crippen LogP) is 10.3. The van der Waals surface area contributed by atoms with Gasteiger partial charge in [-0.3, -0.25) is 0 Å². The second-order valence-electron chi connectivity index (χ2n) is 10.8. The van der Waals surface area contributed by atoms with Crippen LogP contribution in [0.15, 0.2) is 122 Å². The number of rotatable bonds is 3. The standard InChI is InChI=1S/C26H18N.C14H14N.Ir/c1-18-7-6-16-27-26(18)20-14-12-19(13-15-20)25-17-21-8-2-3-9-22(21)23-10-4-5-11-24(23)25;1-10-4-6-13(7-5-10)14-8-11(2)12(3)9-15-14;/h2-14,16-17H,1H3;4-6,8-9H,1-3H3;/q2*-1;. The molecular formula is C40H32IrN2-2. The van der Waals surface area contributed by atoms with Gasteiger partial charge in [-0.1, -0.05) is 95.9 Å². The quantitative estimate of drug-likeness (QED) is 0.134. The molecule has 0 aliphatic heterocycles. The molecule has 2 aromatic heterocycles. The second kappa shape index (κ2) is 13.3. The Bertz CT molecular complexity index is 2010. The van der Waals surface area contributed by atoms with Gasteiger partial charge in [0.05, 0.1) is 0 Å². The van der Waals surface area contributed by atoms with Crippen LogP contribution >= 0.6 is 0 Å². The zero-order chi connectivity index (χ0) is 29.1. The molecule has 0 unspecified atom stereocenters. The zero-order valence-corrected chi connectivity index (χ0v) is 27.2. The summed E-state index contributed by atoms with van der Waals surface area (Å²) in [6.07, 6.45) is 3.75. The number of benzene rings is 5. The summed E-state index contributed by atoms with van der Waals surface area (Å²) in [4.78, 5) is 8.92. The largest absolute Gasteiger partial charge is 0.304 e. The number of fused-ring (bicyclic) bond motifs is 3. The van der Waals surface area contributed by atoms with Crippen LogP contribution in [0.2, 0.25) is 0 Å². The fraction of sp³-hybridized carbons (Fsp3) is 0.100. The Hall–Kier alpha value is -4.43.